The molecular formula is C78H57BrN8O2. The lowest BCUT2D eigenvalue weighted by Crippen LogP contribution is -1.97. The standard InChI is InChI=1S/C39H28N4O.C24H20N2O.C15H9BrN2/c1-23-18-24(2)37(25(3)19-23)36-22-41-39-33-21-27(13-15-29(33)31-9-5-7-11-35(31)43(36)39)44-26-12-14-28-30-8-4-6-10-34(30)42-17-16-40-38(42)32(28)20-26;1-14-10-15(2)23(16(3)11-14)22-13-25-24-20-12-17(27)8-9-18(20)19-6-4-5-7-21(19)26(22)24;16-10-5-6-11-12-3-1-2-4-14(12)18-8-7-17-15(18)13(11)9-10/h4-22H,1-3H3;4-13,27H,1-3H3;1-9H. The third-order valence-corrected chi connectivity index (χ3v) is 18.1. The zero-order valence-electron chi connectivity index (χ0n) is 49.8. The average molecular weight is 1220 g/mol. The van der Waals surface area contributed by atoms with Crippen LogP contribution in [-0.2, 0) is 0 Å². The molecule has 10 nitrogen and oxygen atoms in total. The van der Waals surface area contributed by atoms with Crippen molar-refractivity contribution in [1.29, 1.82) is 0 Å². The molecule has 11 heteroatoms. The van der Waals surface area contributed by atoms with Gasteiger partial charge in [0, 0.05) is 83.5 Å². The maximum Gasteiger partial charge on any atom is 0.145 e. The smallest absolute Gasteiger partial charge is 0.145 e. The van der Waals surface area contributed by atoms with Gasteiger partial charge in [0.1, 0.15) is 39.8 Å². The fraction of sp³-hybridized carbons (Fsp3) is 0.0769. The van der Waals surface area contributed by atoms with Gasteiger partial charge in [0.25, 0.3) is 0 Å². The second-order valence-corrected chi connectivity index (χ2v) is 24.3. The molecule has 0 unspecified atom stereocenters. The van der Waals surface area contributed by atoms with E-state index in [4.69, 9.17) is 14.7 Å². The second-order valence-electron chi connectivity index (χ2n) is 23.4. The van der Waals surface area contributed by atoms with Gasteiger partial charge < -0.3 is 9.84 Å². The number of para-hydroxylation sites is 4. The molecule has 0 aliphatic rings. The van der Waals surface area contributed by atoms with Crippen LogP contribution in [0.4, 0.5) is 0 Å². The summed E-state index contributed by atoms with van der Waals surface area (Å²) in [5.41, 5.74) is 20.5. The van der Waals surface area contributed by atoms with E-state index >= 15 is 0 Å². The van der Waals surface area contributed by atoms with Gasteiger partial charge in [-0.05, 0) is 176 Å². The molecular weight excluding hydrogens is 1160 g/mol. The van der Waals surface area contributed by atoms with Crippen molar-refractivity contribution in [3.05, 3.63) is 269 Å². The largest absolute Gasteiger partial charge is 0.508 e. The van der Waals surface area contributed by atoms with E-state index < -0.39 is 0 Å². The number of pyridine rings is 4. The highest BCUT2D eigenvalue weighted by molar-refractivity contribution is 9.10. The molecule has 0 aliphatic carbocycles. The summed E-state index contributed by atoms with van der Waals surface area (Å²) in [6, 6.07) is 67.3. The summed E-state index contributed by atoms with van der Waals surface area (Å²) in [6.07, 6.45) is 11.7. The van der Waals surface area contributed by atoms with Crippen LogP contribution >= 0.6 is 15.9 Å². The van der Waals surface area contributed by atoms with E-state index in [1.807, 2.05) is 55.4 Å². The van der Waals surface area contributed by atoms with Crippen molar-refractivity contribution in [2.24, 2.45) is 0 Å². The molecule has 0 spiro atoms. The van der Waals surface area contributed by atoms with Crippen molar-refractivity contribution in [3.8, 4) is 39.8 Å². The highest BCUT2D eigenvalue weighted by Gasteiger charge is 2.21. The molecule has 89 heavy (non-hydrogen) atoms. The van der Waals surface area contributed by atoms with Gasteiger partial charge in [-0.3, -0.25) is 17.6 Å². The van der Waals surface area contributed by atoms with Gasteiger partial charge in [0.15, 0.2) is 0 Å². The first-order valence-corrected chi connectivity index (χ1v) is 30.6. The minimum Gasteiger partial charge on any atom is -0.508 e. The van der Waals surface area contributed by atoms with Crippen LogP contribution in [-0.4, -0.2) is 42.6 Å². The Kier molecular flexibility index (Phi) is 12.6. The molecule has 0 bridgehead atoms. The first-order chi connectivity index (χ1) is 43.4. The molecule has 0 atom stereocenters. The van der Waals surface area contributed by atoms with E-state index in [0.717, 1.165) is 104 Å². The number of fused-ring (bicyclic) bond motifs is 24. The fourth-order valence-electron chi connectivity index (χ4n) is 14.1. The number of rotatable bonds is 4. The number of phenols is 1. The number of aromatic nitrogens is 8. The lowest BCUT2D eigenvalue weighted by atomic mass is 9.97. The van der Waals surface area contributed by atoms with Crippen LogP contribution in [0.2, 0.25) is 0 Å². The minimum absolute atomic E-state index is 0.256. The van der Waals surface area contributed by atoms with E-state index in [9.17, 15) is 5.11 Å². The van der Waals surface area contributed by atoms with Crippen LogP contribution in [0, 0.1) is 41.5 Å². The molecule has 1 N–H and O–H groups in total. The number of nitrogens with zero attached hydrogens (tertiary/aromatic N) is 8. The van der Waals surface area contributed by atoms with E-state index in [2.05, 4.69) is 255 Å². The van der Waals surface area contributed by atoms with Gasteiger partial charge in [0.05, 0.1) is 45.8 Å². The number of ether oxygens (including phenoxy) is 1. The third-order valence-electron chi connectivity index (χ3n) is 17.6. The molecule has 0 saturated carbocycles. The van der Waals surface area contributed by atoms with Crippen molar-refractivity contribution in [2.75, 3.05) is 0 Å². The Balaban J connectivity index is 0.000000119. The third kappa shape index (κ3) is 8.74. The SMILES string of the molecule is Brc1ccc2c3ccccc3n3ccnc3c2c1.Cc1cc(C)c(-c2cnc3c4cc(O)ccc4c4ccccc4n23)c(C)c1.Cc1cc(C)c(-c2cnc3c4cc(Oc5ccc6c7ccccc7n7ccnc7c6c5)ccc4c4ccccc4n23)c(C)c1. The van der Waals surface area contributed by atoms with Gasteiger partial charge >= 0.3 is 0 Å². The molecule has 8 heterocycles. The molecule has 0 radical (unpaired) electrons. The van der Waals surface area contributed by atoms with Gasteiger partial charge in [-0.1, -0.05) is 130 Å². The monoisotopic (exact) mass is 1220 g/mol. The van der Waals surface area contributed by atoms with Crippen LogP contribution in [0.5, 0.6) is 17.2 Å². The summed E-state index contributed by atoms with van der Waals surface area (Å²) in [5.74, 6) is 1.79. The fourth-order valence-corrected chi connectivity index (χ4v) is 14.5. The number of aryl methyl sites for hydroxylation is 6. The molecule has 18 aromatic rings. The highest BCUT2D eigenvalue weighted by atomic mass is 79.9. The number of hydrogen-bond acceptors (Lipinski definition) is 6. The molecule has 0 amide bonds. The summed E-state index contributed by atoms with van der Waals surface area (Å²) >= 11 is 3.53. The Morgan fingerprint density at radius 1 is 0.348 bits per heavy atom. The minimum atomic E-state index is 0.256. The number of aromatic hydroxyl groups is 1. The number of halogens is 1. The molecule has 0 aliphatic heterocycles. The van der Waals surface area contributed by atoms with E-state index in [0.29, 0.717) is 0 Å². The zero-order valence-corrected chi connectivity index (χ0v) is 51.3. The quantitative estimate of drug-likeness (QED) is 0.176. The van der Waals surface area contributed by atoms with Gasteiger partial charge in [-0.25, -0.2) is 19.9 Å². The van der Waals surface area contributed by atoms with E-state index in [1.165, 1.54) is 77.0 Å². The number of hydrogen-bond donors (Lipinski definition) is 1. The molecule has 10 aromatic carbocycles. The summed E-state index contributed by atoms with van der Waals surface area (Å²) in [6.45, 7) is 13.0. The van der Waals surface area contributed by atoms with Crippen LogP contribution in [0.15, 0.2) is 236 Å². The zero-order chi connectivity index (χ0) is 60.3. The molecule has 8 aromatic heterocycles. The van der Waals surface area contributed by atoms with Crippen molar-refractivity contribution >= 4 is 125 Å². The predicted octanol–water partition coefficient (Wildman–Crippen LogP) is 20.3. The Labute approximate surface area is 519 Å². The molecule has 428 valence electrons. The van der Waals surface area contributed by atoms with E-state index in [1.54, 1.807) is 6.07 Å². The summed E-state index contributed by atoms with van der Waals surface area (Å²) < 4.78 is 16.5. The van der Waals surface area contributed by atoms with Gasteiger partial charge in [0.2, 0.25) is 0 Å². The lowest BCUT2D eigenvalue weighted by molar-refractivity contribution is 0.476. The average Bonchev–Trinajstić information content (AvgIpc) is 1.86. The number of imidazole rings is 4. The van der Waals surface area contributed by atoms with Crippen molar-refractivity contribution in [1.82, 2.24) is 37.5 Å². The number of phenolic OH excluding ortho intramolecular Hbond substituents is 1. The second kappa shape index (κ2) is 20.9. The van der Waals surface area contributed by atoms with Crippen molar-refractivity contribution in [2.45, 2.75) is 41.5 Å². The van der Waals surface area contributed by atoms with E-state index in [-0.39, 0.29) is 5.75 Å². The van der Waals surface area contributed by atoms with Crippen LogP contribution in [0.1, 0.15) is 33.4 Å². The Hall–Kier alpha value is -10.9. The van der Waals surface area contributed by atoms with Crippen LogP contribution in [0.3, 0.4) is 0 Å². The van der Waals surface area contributed by atoms with Crippen LogP contribution < -0.4 is 4.74 Å². The Bertz CT molecular complexity index is 5920. The Morgan fingerprint density at radius 3 is 1.18 bits per heavy atom. The summed E-state index contributed by atoms with van der Waals surface area (Å²) in [7, 11) is 0. The molecule has 18 rings (SSSR count). The van der Waals surface area contributed by atoms with Crippen molar-refractivity contribution < 1.29 is 9.84 Å². The highest BCUT2D eigenvalue weighted by Crippen LogP contribution is 2.41. The van der Waals surface area contributed by atoms with Gasteiger partial charge in [-0.15, -0.1) is 0 Å². The Morgan fingerprint density at radius 2 is 0.719 bits per heavy atom. The van der Waals surface area contributed by atoms with Crippen molar-refractivity contribution in [3.63, 3.8) is 0 Å². The maximum atomic E-state index is 10.1. The van der Waals surface area contributed by atoms with Crippen LogP contribution in [0.25, 0.3) is 132 Å². The lowest BCUT2D eigenvalue weighted by Gasteiger charge is -2.15. The maximum absolute atomic E-state index is 10.1. The van der Waals surface area contributed by atoms with Gasteiger partial charge in [-0.2, -0.15) is 0 Å². The molecule has 0 saturated heterocycles. The first-order valence-electron chi connectivity index (χ1n) is 29.8. The molecule has 0 fully saturated rings. The first kappa shape index (κ1) is 53.6. The summed E-state index contributed by atoms with van der Waals surface area (Å²) in [5, 5.41) is 23.7. The normalized spacial score (nSPS) is 11.8. The predicted molar refractivity (Wildman–Crippen MR) is 370 cm³/mol. The number of benzene rings is 10. The summed E-state index contributed by atoms with van der Waals surface area (Å²) in [4.78, 5) is 19.0. The topological polar surface area (TPSA) is 98.7 Å².